The van der Waals surface area contributed by atoms with Crippen LogP contribution in [-0.4, -0.2) is 43.5 Å². The number of anilines is 1. The highest BCUT2D eigenvalue weighted by Crippen LogP contribution is 2.44. The van der Waals surface area contributed by atoms with Crippen LogP contribution in [0.1, 0.15) is 47.4 Å². The molecule has 41 heavy (non-hydrogen) atoms. The van der Waals surface area contributed by atoms with Gasteiger partial charge in [0.1, 0.15) is 23.4 Å². The number of hydrogen-bond acceptors (Lipinski definition) is 6. The van der Waals surface area contributed by atoms with E-state index in [1.807, 2.05) is 24.5 Å². The molecule has 1 saturated carbocycles. The van der Waals surface area contributed by atoms with Gasteiger partial charge < -0.3 is 24.2 Å². The molecule has 5 rings (SSSR count). The molecule has 2 amide bonds. The molecule has 9 heteroatoms. The van der Waals surface area contributed by atoms with Crippen LogP contribution in [0, 0.1) is 11.7 Å². The molecule has 0 radical (unpaired) electrons. The summed E-state index contributed by atoms with van der Waals surface area (Å²) in [6.07, 6.45) is 5.07. The first-order chi connectivity index (χ1) is 19.6. The van der Waals surface area contributed by atoms with E-state index in [1.165, 1.54) is 25.0 Å². The van der Waals surface area contributed by atoms with Gasteiger partial charge in [-0.15, -0.1) is 0 Å². The number of benzene rings is 3. The largest absolute Gasteiger partial charge is 0.455 e. The van der Waals surface area contributed by atoms with E-state index >= 15 is 0 Å². The lowest BCUT2D eigenvalue weighted by Gasteiger charge is -2.25. The Kier molecular flexibility index (Phi) is 7.91. The van der Waals surface area contributed by atoms with Gasteiger partial charge in [-0.3, -0.25) is 9.59 Å². The van der Waals surface area contributed by atoms with Crippen molar-refractivity contribution in [2.45, 2.75) is 32.2 Å². The van der Waals surface area contributed by atoms with E-state index in [1.54, 1.807) is 63.2 Å². The fourth-order valence-corrected chi connectivity index (χ4v) is 5.46. The van der Waals surface area contributed by atoms with Crippen LogP contribution >= 0.6 is 11.9 Å². The van der Waals surface area contributed by atoms with Gasteiger partial charge in [0.25, 0.3) is 11.8 Å². The Morgan fingerprint density at radius 2 is 1.80 bits per heavy atom. The normalized spacial score (nSPS) is 13.2. The van der Waals surface area contributed by atoms with Crippen LogP contribution in [0.25, 0.3) is 33.4 Å². The Bertz CT molecular complexity index is 1630. The molecular formula is C32H32FN3O4S. The number of hydrogen-bond donors (Lipinski definition) is 2. The molecule has 1 fully saturated rings. The van der Waals surface area contributed by atoms with Crippen molar-refractivity contribution in [3.63, 3.8) is 0 Å². The Hall–Kier alpha value is -4.11. The SMILES string of the molecule is CNC(=O)c1c(-c2ccc(F)cc2)oc2cc(N(CC3CC3)SC)c(-c3cccc(C(=O)NC(C)(C)C=O)c3)cc12. The van der Waals surface area contributed by atoms with Gasteiger partial charge in [0.05, 0.1) is 16.8 Å². The maximum atomic E-state index is 13.7. The molecule has 0 spiro atoms. The number of nitrogens with one attached hydrogen (secondary N) is 2. The predicted molar refractivity (Wildman–Crippen MR) is 162 cm³/mol. The fraction of sp³-hybridized carbons (Fsp3) is 0.281. The zero-order chi connectivity index (χ0) is 29.3. The molecule has 0 atom stereocenters. The number of aldehydes is 1. The van der Waals surface area contributed by atoms with Crippen molar-refractivity contribution in [1.29, 1.82) is 0 Å². The molecule has 1 aromatic heterocycles. The number of furan rings is 1. The summed E-state index contributed by atoms with van der Waals surface area (Å²) in [5.74, 6) is -0.122. The van der Waals surface area contributed by atoms with Gasteiger partial charge in [-0.05, 0) is 80.6 Å². The average molecular weight is 574 g/mol. The number of halogens is 1. The lowest BCUT2D eigenvalue weighted by atomic mass is 9.96. The Balaban J connectivity index is 1.71. The van der Waals surface area contributed by atoms with Gasteiger partial charge in [0, 0.05) is 48.0 Å². The predicted octanol–water partition coefficient (Wildman–Crippen LogP) is 6.47. The van der Waals surface area contributed by atoms with E-state index in [0.717, 1.165) is 23.4 Å². The fourth-order valence-electron chi connectivity index (χ4n) is 4.75. The molecule has 0 bridgehead atoms. The topological polar surface area (TPSA) is 91.7 Å². The Morgan fingerprint density at radius 3 is 2.44 bits per heavy atom. The third kappa shape index (κ3) is 6.00. The van der Waals surface area contributed by atoms with Crippen molar-refractivity contribution >= 4 is 46.7 Å². The van der Waals surface area contributed by atoms with E-state index in [9.17, 15) is 18.8 Å². The van der Waals surface area contributed by atoms with Crippen LogP contribution in [0.5, 0.6) is 0 Å². The molecule has 7 nitrogen and oxygen atoms in total. The third-order valence-electron chi connectivity index (χ3n) is 7.14. The van der Waals surface area contributed by atoms with Crippen molar-refractivity contribution in [1.82, 2.24) is 10.6 Å². The van der Waals surface area contributed by atoms with Crippen LogP contribution in [-0.2, 0) is 4.79 Å². The number of amides is 2. The Morgan fingerprint density at radius 1 is 1.07 bits per heavy atom. The van der Waals surface area contributed by atoms with E-state index < -0.39 is 5.54 Å². The van der Waals surface area contributed by atoms with E-state index in [0.29, 0.717) is 45.6 Å². The highest BCUT2D eigenvalue weighted by Gasteiger charge is 2.29. The maximum Gasteiger partial charge on any atom is 0.255 e. The maximum absolute atomic E-state index is 13.7. The smallest absolute Gasteiger partial charge is 0.255 e. The zero-order valence-corrected chi connectivity index (χ0v) is 24.2. The Labute approximate surface area is 242 Å². The molecule has 2 N–H and O–H groups in total. The number of carbonyl (C=O) groups is 3. The van der Waals surface area contributed by atoms with Crippen LogP contribution in [0.4, 0.5) is 10.1 Å². The van der Waals surface area contributed by atoms with Crippen molar-refractivity contribution < 1.29 is 23.2 Å². The van der Waals surface area contributed by atoms with Crippen LogP contribution in [0.3, 0.4) is 0 Å². The summed E-state index contributed by atoms with van der Waals surface area (Å²) >= 11 is 1.60. The standard InChI is InChI=1S/C32H32FN3O4S/c1-32(2,18-37)35-30(38)22-7-5-6-21(14-22)24-15-25-27(16-26(24)36(41-4)17-19-8-9-19)40-29(28(25)31(39)34-3)20-10-12-23(33)13-11-20/h5-7,10-16,18-19H,8-9,17H2,1-4H3,(H,34,39)(H,35,38). The van der Waals surface area contributed by atoms with Crippen LogP contribution < -0.4 is 14.9 Å². The summed E-state index contributed by atoms with van der Waals surface area (Å²) in [5, 5.41) is 6.06. The first-order valence-electron chi connectivity index (χ1n) is 13.4. The average Bonchev–Trinajstić information content (AvgIpc) is 3.72. The van der Waals surface area contributed by atoms with Crippen molar-refractivity contribution in [3.05, 3.63) is 77.6 Å². The summed E-state index contributed by atoms with van der Waals surface area (Å²) < 4.78 is 22.2. The number of rotatable bonds is 10. The first kappa shape index (κ1) is 28.4. The molecule has 3 aromatic carbocycles. The lowest BCUT2D eigenvalue weighted by Crippen LogP contribution is -2.44. The third-order valence-corrected chi connectivity index (χ3v) is 7.93. The highest BCUT2D eigenvalue weighted by molar-refractivity contribution is 8.00. The van der Waals surface area contributed by atoms with Gasteiger partial charge in [0.2, 0.25) is 0 Å². The van der Waals surface area contributed by atoms with Crippen molar-refractivity contribution in [3.8, 4) is 22.5 Å². The summed E-state index contributed by atoms with van der Waals surface area (Å²) in [5.41, 5.74) is 3.36. The molecule has 0 saturated heterocycles. The summed E-state index contributed by atoms with van der Waals surface area (Å²) in [4.78, 5) is 37.6. The second-order valence-electron chi connectivity index (χ2n) is 10.8. The minimum Gasteiger partial charge on any atom is -0.455 e. The molecule has 0 aliphatic heterocycles. The summed E-state index contributed by atoms with van der Waals surface area (Å²) in [7, 11) is 1.55. The molecular weight excluding hydrogens is 541 g/mol. The van der Waals surface area contributed by atoms with Crippen LogP contribution in [0.15, 0.2) is 65.1 Å². The summed E-state index contributed by atoms with van der Waals surface area (Å²) in [6.45, 7) is 4.13. The number of nitrogens with zero attached hydrogens (tertiary/aromatic N) is 1. The van der Waals surface area contributed by atoms with Crippen molar-refractivity contribution in [2.24, 2.45) is 5.92 Å². The minimum absolute atomic E-state index is 0.328. The molecule has 4 aromatic rings. The molecule has 212 valence electrons. The second kappa shape index (κ2) is 11.4. The lowest BCUT2D eigenvalue weighted by molar-refractivity contribution is -0.112. The quantitative estimate of drug-likeness (QED) is 0.167. The minimum atomic E-state index is -1.01. The molecule has 1 aliphatic carbocycles. The van der Waals surface area contributed by atoms with E-state index in [2.05, 4.69) is 14.9 Å². The van der Waals surface area contributed by atoms with E-state index in [-0.39, 0.29) is 17.6 Å². The van der Waals surface area contributed by atoms with Gasteiger partial charge in [0.15, 0.2) is 0 Å². The number of carbonyl (C=O) groups excluding carboxylic acids is 3. The molecule has 1 aliphatic rings. The van der Waals surface area contributed by atoms with Gasteiger partial charge in [-0.1, -0.05) is 24.1 Å². The molecule has 1 heterocycles. The second-order valence-corrected chi connectivity index (χ2v) is 11.6. The summed E-state index contributed by atoms with van der Waals surface area (Å²) in [6, 6.07) is 16.9. The monoisotopic (exact) mass is 573 g/mol. The van der Waals surface area contributed by atoms with Gasteiger partial charge in [-0.2, -0.15) is 0 Å². The molecule has 0 unspecified atom stereocenters. The van der Waals surface area contributed by atoms with Gasteiger partial charge >= 0.3 is 0 Å². The number of fused-ring (bicyclic) bond motifs is 1. The van der Waals surface area contributed by atoms with E-state index in [4.69, 9.17) is 4.42 Å². The van der Waals surface area contributed by atoms with Gasteiger partial charge in [-0.25, -0.2) is 4.39 Å². The van der Waals surface area contributed by atoms with Crippen LogP contribution in [0.2, 0.25) is 0 Å². The zero-order valence-electron chi connectivity index (χ0n) is 23.4. The van der Waals surface area contributed by atoms with Crippen molar-refractivity contribution in [2.75, 3.05) is 24.2 Å². The highest BCUT2D eigenvalue weighted by atomic mass is 32.2. The first-order valence-corrected chi connectivity index (χ1v) is 14.6.